The molecule has 2 aromatic carbocycles. The number of fused-ring (bicyclic) bond motifs is 3. The van der Waals surface area contributed by atoms with E-state index in [1.165, 1.54) is 10.9 Å². The first-order valence-corrected chi connectivity index (χ1v) is 19.3. The first kappa shape index (κ1) is 34.9. The van der Waals surface area contributed by atoms with Crippen molar-refractivity contribution in [2.75, 3.05) is 23.4 Å². The molecule has 3 aliphatic heterocycles. The lowest BCUT2D eigenvalue weighted by Crippen LogP contribution is -2.34. The number of benzene rings is 2. The Bertz CT molecular complexity index is 1970. The number of nitrogens with zero attached hydrogens (tertiary/aromatic N) is 4. The number of aliphatic hydroxyl groups excluding tert-OH is 1. The number of imidazole rings is 1. The quantitative estimate of drug-likeness (QED) is 0.142. The van der Waals surface area contributed by atoms with Crippen molar-refractivity contribution < 1.29 is 37.9 Å². The van der Waals surface area contributed by atoms with Crippen LogP contribution in [0.5, 0.6) is 0 Å². The van der Waals surface area contributed by atoms with E-state index < -0.39 is 62.0 Å². The average molecular weight is 788 g/mol. The Balaban J connectivity index is 1.08. The van der Waals surface area contributed by atoms with Crippen molar-refractivity contribution in [3.05, 3.63) is 82.1 Å². The van der Waals surface area contributed by atoms with Gasteiger partial charge in [-0.05, 0) is 74.3 Å². The van der Waals surface area contributed by atoms with Gasteiger partial charge in [0.1, 0.15) is 30.7 Å². The molecule has 1 aliphatic carbocycles. The number of nitrogens with one attached hydrogen (secondary N) is 2. The Labute approximate surface area is 302 Å². The summed E-state index contributed by atoms with van der Waals surface area (Å²) in [6.07, 6.45) is -1.55. The highest BCUT2D eigenvalue weighted by atomic mass is 79.9. The zero-order valence-electron chi connectivity index (χ0n) is 28.4. The van der Waals surface area contributed by atoms with E-state index in [9.17, 15) is 14.5 Å². The van der Waals surface area contributed by atoms with Gasteiger partial charge in [0.15, 0.2) is 33.7 Å². The summed E-state index contributed by atoms with van der Waals surface area (Å²) in [5.74, 6) is -2.10. The first-order chi connectivity index (χ1) is 24.3. The summed E-state index contributed by atoms with van der Waals surface area (Å²) >= 11 is 3.51. The molecule has 0 unspecified atom stereocenters. The van der Waals surface area contributed by atoms with Crippen molar-refractivity contribution in [2.45, 2.75) is 88.5 Å². The third-order valence-electron chi connectivity index (χ3n) is 9.62. The summed E-state index contributed by atoms with van der Waals surface area (Å²) in [6, 6.07) is 17.9. The molecule has 0 radical (unpaired) electrons. The molecule has 272 valence electrons. The van der Waals surface area contributed by atoms with Gasteiger partial charge < -0.3 is 28.8 Å². The number of hydrogen-bond acceptors (Lipinski definition) is 11. The lowest BCUT2D eigenvalue weighted by molar-refractivity contribution is -0.200. The number of anilines is 2. The molecule has 4 aliphatic rings. The van der Waals surface area contributed by atoms with Gasteiger partial charge in [-0.1, -0.05) is 36.4 Å². The molecule has 51 heavy (non-hydrogen) atoms. The molecule has 8 rings (SSSR count). The summed E-state index contributed by atoms with van der Waals surface area (Å²) in [7, 11) is -3.70. The van der Waals surface area contributed by atoms with E-state index in [0.717, 1.165) is 0 Å². The van der Waals surface area contributed by atoms with Crippen LogP contribution in [-0.4, -0.2) is 79.5 Å². The van der Waals surface area contributed by atoms with Crippen LogP contribution in [0.15, 0.2) is 76.5 Å². The zero-order chi connectivity index (χ0) is 35.7. The van der Waals surface area contributed by atoms with Crippen molar-refractivity contribution in [2.24, 2.45) is 5.92 Å². The van der Waals surface area contributed by atoms with Gasteiger partial charge in [-0.3, -0.25) is 28.6 Å². The minimum Gasteiger partial charge on any atom is -0.394 e. The maximum atomic E-state index is 14.3. The Morgan fingerprint density at radius 2 is 1.51 bits per heavy atom. The van der Waals surface area contributed by atoms with Crippen LogP contribution in [0.25, 0.3) is 11.2 Å². The number of rotatable bonds is 10. The second-order valence-corrected chi connectivity index (χ2v) is 16.6. The van der Waals surface area contributed by atoms with E-state index in [1.54, 1.807) is 18.4 Å². The third-order valence-corrected chi connectivity index (χ3v) is 11.8. The molecule has 5 heterocycles. The molecule has 8 atom stereocenters. The average Bonchev–Trinajstić information content (AvgIpc) is 3.85. The van der Waals surface area contributed by atoms with Gasteiger partial charge >= 0.3 is 7.67 Å². The van der Waals surface area contributed by atoms with Crippen LogP contribution in [0.1, 0.15) is 46.4 Å². The van der Waals surface area contributed by atoms with Crippen molar-refractivity contribution in [1.82, 2.24) is 19.1 Å². The number of ether oxygens (including phenoxy) is 5. The van der Waals surface area contributed by atoms with Gasteiger partial charge in [0.05, 0.1) is 25.4 Å². The Morgan fingerprint density at radius 3 is 2.14 bits per heavy atom. The number of hydrogen-bond donors (Lipinski definition) is 3. The second kappa shape index (κ2) is 13.0. The molecular formula is C34H40BrN6O9P. The summed E-state index contributed by atoms with van der Waals surface area (Å²) < 4.78 is 55.2. The third kappa shape index (κ3) is 6.55. The van der Waals surface area contributed by atoms with Crippen LogP contribution in [-0.2, 0) is 32.8 Å². The molecule has 0 amide bonds. The van der Waals surface area contributed by atoms with E-state index in [1.807, 2.05) is 74.5 Å². The maximum absolute atomic E-state index is 14.3. The van der Waals surface area contributed by atoms with Gasteiger partial charge in [-0.25, -0.2) is 14.5 Å². The van der Waals surface area contributed by atoms with E-state index in [4.69, 9.17) is 33.2 Å². The number of halogens is 1. The fraction of sp³-hybridized carbons (Fsp3) is 0.500. The van der Waals surface area contributed by atoms with Crippen LogP contribution in [0.3, 0.4) is 0 Å². The Hall–Kier alpha value is -3.18. The molecule has 4 fully saturated rings. The standard InChI is InChI=1S/C34H40BrN6O9P/c1-33(2)47-25-19(17-45-51(44,38-20-11-7-5-8-12-20)39-21-13-9-6-10-14-21)15-22(26(25)48-33)40-18-36-29-24(30(40)43)37-32(35)41(29)31-28-27(23(16-42)46-31)49-34(3,4)50-28/h5-14,18-19,22-23,25-28,31,42H,15-17H2,1-4H3,(H2,38,39,44)/t19-,22-,23-,25-,26+,27-,28-,31-/m1/s1. The fourth-order valence-corrected chi connectivity index (χ4v) is 9.69. The maximum Gasteiger partial charge on any atom is 0.391 e. The largest absolute Gasteiger partial charge is 0.394 e. The summed E-state index contributed by atoms with van der Waals surface area (Å²) in [6.45, 7) is 7.03. The molecule has 3 N–H and O–H groups in total. The van der Waals surface area contributed by atoms with Gasteiger partial charge in [0.25, 0.3) is 5.56 Å². The van der Waals surface area contributed by atoms with Crippen molar-refractivity contribution >= 4 is 46.1 Å². The molecule has 2 aromatic heterocycles. The van der Waals surface area contributed by atoms with Crippen LogP contribution >= 0.6 is 23.6 Å². The SMILES string of the molecule is CC1(C)O[C@@H]2[C@@H](COP(=O)(Nc3ccccc3)Nc3ccccc3)C[C@@H](n3cnc4c(nc(Br)n4[C@@H]4O[C@H](CO)[C@H]5OC(C)(C)O[C@H]54)c3=O)[C@@H]2O1. The van der Waals surface area contributed by atoms with Crippen molar-refractivity contribution in [1.29, 1.82) is 0 Å². The van der Waals surface area contributed by atoms with Crippen LogP contribution < -0.4 is 15.7 Å². The van der Waals surface area contributed by atoms with Gasteiger partial charge in [0, 0.05) is 17.3 Å². The fourth-order valence-electron chi connectivity index (χ4n) is 7.58. The minimum atomic E-state index is -3.70. The minimum absolute atomic E-state index is 0.0463. The number of aliphatic hydroxyl groups is 1. The van der Waals surface area contributed by atoms with Gasteiger partial charge in [0.2, 0.25) is 0 Å². The Kier molecular flexibility index (Phi) is 8.92. The van der Waals surface area contributed by atoms with Crippen molar-refractivity contribution in [3.63, 3.8) is 0 Å². The van der Waals surface area contributed by atoms with Crippen molar-refractivity contribution in [3.8, 4) is 0 Å². The molecular weight excluding hydrogens is 747 g/mol. The summed E-state index contributed by atoms with van der Waals surface area (Å²) in [5, 5.41) is 16.1. The van der Waals surface area contributed by atoms with Crippen LogP contribution in [0, 0.1) is 5.92 Å². The lowest BCUT2D eigenvalue weighted by Gasteiger charge is -2.26. The molecule has 0 spiro atoms. The van der Waals surface area contributed by atoms with E-state index >= 15 is 0 Å². The molecule has 4 aromatic rings. The highest BCUT2D eigenvalue weighted by Gasteiger charge is 2.57. The summed E-state index contributed by atoms with van der Waals surface area (Å²) in [4.78, 5) is 23.5. The molecule has 17 heteroatoms. The highest BCUT2D eigenvalue weighted by molar-refractivity contribution is 9.10. The topological polar surface area (TPSA) is 169 Å². The number of para-hydroxylation sites is 2. The van der Waals surface area contributed by atoms with E-state index in [0.29, 0.717) is 22.5 Å². The smallest absolute Gasteiger partial charge is 0.391 e. The van der Waals surface area contributed by atoms with Gasteiger partial charge in [-0.15, -0.1) is 0 Å². The monoisotopic (exact) mass is 786 g/mol. The normalized spacial score (nSPS) is 30.8. The molecule has 1 saturated carbocycles. The highest BCUT2D eigenvalue weighted by Crippen LogP contribution is 2.51. The first-order valence-electron chi connectivity index (χ1n) is 16.9. The summed E-state index contributed by atoms with van der Waals surface area (Å²) in [5.41, 5.74) is 1.29. The van der Waals surface area contributed by atoms with Crippen LogP contribution in [0.2, 0.25) is 0 Å². The van der Waals surface area contributed by atoms with Crippen LogP contribution in [0.4, 0.5) is 11.4 Å². The molecule has 15 nitrogen and oxygen atoms in total. The predicted molar refractivity (Wildman–Crippen MR) is 189 cm³/mol. The lowest BCUT2D eigenvalue weighted by atomic mass is 10.1. The second-order valence-electron chi connectivity index (χ2n) is 14.1. The number of aromatic nitrogens is 4. The van der Waals surface area contributed by atoms with E-state index in [-0.39, 0.29) is 35.9 Å². The predicted octanol–water partition coefficient (Wildman–Crippen LogP) is 5.20. The Morgan fingerprint density at radius 1 is 0.922 bits per heavy atom. The zero-order valence-corrected chi connectivity index (χ0v) is 30.9. The van der Waals surface area contributed by atoms with Gasteiger partial charge in [-0.2, -0.15) is 0 Å². The molecule has 0 bridgehead atoms. The molecule has 3 saturated heterocycles. The van der Waals surface area contributed by atoms with E-state index in [2.05, 4.69) is 31.1 Å².